The number of hydrogen-bond donors (Lipinski definition) is 1. The summed E-state index contributed by atoms with van der Waals surface area (Å²) in [4.78, 5) is 27.2. The number of hydrogen-bond acceptors (Lipinski definition) is 5. The Hall–Kier alpha value is -2.93. The molecule has 2 aromatic carbocycles. The van der Waals surface area contributed by atoms with Gasteiger partial charge in [-0.2, -0.15) is 0 Å². The molecule has 1 fully saturated rings. The van der Waals surface area contributed by atoms with Crippen molar-refractivity contribution in [1.82, 2.24) is 4.90 Å². The Morgan fingerprint density at radius 2 is 1.69 bits per heavy atom. The topological polar surface area (TPSA) is 92.7 Å². The van der Waals surface area contributed by atoms with Gasteiger partial charge in [-0.25, -0.2) is 0 Å². The third-order valence-electron chi connectivity index (χ3n) is 4.71. The fourth-order valence-electron chi connectivity index (χ4n) is 3.17. The number of para-hydroxylation sites is 2. The van der Waals surface area contributed by atoms with Gasteiger partial charge in [0.15, 0.2) is 0 Å². The zero-order valence-electron chi connectivity index (χ0n) is 14.7. The van der Waals surface area contributed by atoms with Crippen molar-refractivity contribution in [2.24, 2.45) is 5.73 Å². The quantitative estimate of drug-likeness (QED) is 0.671. The SMILES string of the molecule is Cc1ccc(C(N)C(=O)N2CCN(c3ccccc3[N+](=O)[O-])CC2)cc1. The van der Waals surface area contributed by atoms with E-state index in [9.17, 15) is 14.9 Å². The van der Waals surface area contributed by atoms with Gasteiger partial charge in [-0.05, 0) is 18.6 Å². The van der Waals surface area contributed by atoms with E-state index in [2.05, 4.69) is 0 Å². The Balaban J connectivity index is 1.66. The molecule has 1 amide bonds. The van der Waals surface area contributed by atoms with Gasteiger partial charge in [0.1, 0.15) is 11.7 Å². The smallest absolute Gasteiger partial charge is 0.292 e. The van der Waals surface area contributed by atoms with Gasteiger partial charge in [0.05, 0.1) is 4.92 Å². The Labute approximate surface area is 152 Å². The molecule has 0 aliphatic carbocycles. The zero-order valence-corrected chi connectivity index (χ0v) is 14.7. The van der Waals surface area contributed by atoms with Crippen molar-refractivity contribution >= 4 is 17.3 Å². The molecule has 7 nitrogen and oxygen atoms in total. The maximum Gasteiger partial charge on any atom is 0.292 e. The van der Waals surface area contributed by atoms with Crippen LogP contribution in [-0.4, -0.2) is 41.9 Å². The average molecular weight is 354 g/mol. The van der Waals surface area contributed by atoms with Crippen LogP contribution in [0.5, 0.6) is 0 Å². The fraction of sp³-hybridized carbons (Fsp3) is 0.316. The summed E-state index contributed by atoms with van der Waals surface area (Å²) in [5.74, 6) is -0.115. The number of piperazine rings is 1. The molecule has 1 aliphatic rings. The van der Waals surface area contributed by atoms with Crippen molar-refractivity contribution in [2.75, 3.05) is 31.1 Å². The van der Waals surface area contributed by atoms with Gasteiger partial charge in [-0.15, -0.1) is 0 Å². The lowest BCUT2D eigenvalue weighted by Crippen LogP contribution is -2.51. The second kappa shape index (κ2) is 7.53. The number of nitro benzene ring substituents is 1. The van der Waals surface area contributed by atoms with E-state index in [0.29, 0.717) is 31.9 Å². The standard InChI is InChI=1S/C19H22N4O3/c1-14-6-8-15(9-7-14)18(20)19(24)22-12-10-21(11-13-22)16-4-2-3-5-17(16)23(25)26/h2-9,18H,10-13,20H2,1H3. The summed E-state index contributed by atoms with van der Waals surface area (Å²) in [5, 5.41) is 11.2. The van der Waals surface area contributed by atoms with Crippen molar-refractivity contribution in [3.63, 3.8) is 0 Å². The first-order valence-corrected chi connectivity index (χ1v) is 8.56. The van der Waals surface area contributed by atoms with E-state index >= 15 is 0 Å². The summed E-state index contributed by atoms with van der Waals surface area (Å²) in [5.41, 5.74) is 8.72. The first-order valence-electron chi connectivity index (χ1n) is 8.56. The lowest BCUT2D eigenvalue weighted by Gasteiger charge is -2.36. The Bertz CT molecular complexity index is 799. The highest BCUT2D eigenvalue weighted by molar-refractivity contribution is 5.83. The van der Waals surface area contributed by atoms with Crippen LogP contribution in [-0.2, 0) is 4.79 Å². The third kappa shape index (κ3) is 3.67. The summed E-state index contributed by atoms with van der Waals surface area (Å²) < 4.78 is 0. The number of amides is 1. The Morgan fingerprint density at radius 3 is 2.31 bits per heavy atom. The maximum absolute atomic E-state index is 12.7. The number of nitrogens with two attached hydrogens (primary N) is 1. The number of rotatable bonds is 4. The highest BCUT2D eigenvalue weighted by Crippen LogP contribution is 2.28. The van der Waals surface area contributed by atoms with E-state index < -0.39 is 6.04 Å². The largest absolute Gasteiger partial charge is 0.362 e. The molecule has 1 heterocycles. The number of nitro groups is 1. The molecule has 0 aromatic heterocycles. The number of carbonyl (C=O) groups excluding carboxylic acids is 1. The van der Waals surface area contributed by atoms with Gasteiger partial charge < -0.3 is 15.5 Å². The molecule has 1 aliphatic heterocycles. The monoisotopic (exact) mass is 354 g/mol. The maximum atomic E-state index is 12.7. The molecule has 7 heteroatoms. The number of nitrogens with zero attached hydrogens (tertiary/aromatic N) is 3. The minimum atomic E-state index is -0.687. The van der Waals surface area contributed by atoms with E-state index in [1.165, 1.54) is 6.07 Å². The lowest BCUT2D eigenvalue weighted by atomic mass is 10.0. The molecule has 1 atom stereocenters. The number of carbonyl (C=O) groups is 1. The molecule has 136 valence electrons. The Morgan fingerprint density at radius 1 is 1.08 bits per heavy atom. The van der Waals surface area contributed by atoms with E-state index in [-0.39, 0.29) is 16.5 Å². The lowest BCUT2D eigenvalue weighted by molar-refractivity contribution is -0.384. The molecule has 0 saturated carbocycles. The van der Waals surface area contributed by atoms with Crippen LogP contribution >= 0.6 is 0 Å². The van der Waals surface area contributed by atoms with Crippen molar-refractivity contribution in [1.29, 1.82) is 0 Å². The molecule has 2 aromatic rings. The van der Waals surface area contributed by atoms with E-state index in [0.717, 1.165) is 11.1 Å². The van der Waals surface area contributed by atoms with E-state index in [1.807, 2.05) is 36.1 Å². The van der Waals surface area contributed by atoms with Crippen LogP contribution in [0.15, 0.2) is 48.5 Å². The van der Waals surface area contributed by atoms with Crippen LogP contribution in [0, 0.1) is 17.0 Å². The molecular weight excluding hydrogens is 332 g/mol. The predicted molar refractivity (Wildman–Crippen MR) is 100.0 cm³/mol. The zero-order chi connectivity index (χ0) is 18.7. The summed E-state index contributed by atoms with van der Waals surface area (Å²) in [6, 6.07) is 13.6. The van der Waals surface area contributed by atoms with E-state index in [1.54, 1.807) is 23.1 Å². The van der Waals surface area contributed by atoms with Crippen LogP contribution in [0.2, 0.25) is 0 Å². The highest BCUT2D eigenvalue weighted by atomic mass is 16.6. The van der Waals surface area contributed by atoms with Crippen LogP contribution in [0.1, 0.15) is 17.2 Å². The van der Waals surface area contributed by atoms with Crippen molar-refractivity contribution in [2.45, 2.75) is 13.0 Å². The summed E-state index contributed by atoms with van der Waals surface area (Å²) in [6.07, 6.45) is 0. The molecule has 2 N–H and O–H groups in total. The molecule has 0 bridgehead atoms. The van der Waals surface area contributed by atoms with Gasteiger partial charge in [0, 0.05) is 32.2 Å². The minimum Gasteiger partial charge on any atom is -0.362 e. The van der Waals surface area contributed by atoms with Crippen LogP contribution < -0.4 is 10.6 Å². The number of aryl methyl sites for hydroxylation is 1. The first-order chi connectivity index (χ1) is 12.5. The van der Waals surface area contributed by atoms with Crippen molar-refractivity contribution < 1.29 is 9.72 Å². The third-order valence-corrected chi connectivity index (χ3v) is 4.71. The van der Waals surface area contributed by atoms with Gasteiger partial charge in [0.2, 0.25) is 5.91 Å². The number of benzene rings is 2. The molecule has 1 unspecified atom stereocenters. The van der Waals surface area contributed by atoms with Crippen LogP contribution in [0.25, 0.3) is 0 Å². The summed E-state index contributed by atoms with van der Waals surface area (Å²) >= 11 is 0. The minimum absolute atomic E-state index is 0.0867. The molecule has 26 heavy (non-hydrogen) atoms. The van der Waals surface area contributed by atoms with E-state index in [4.69, 9.17) is 5.73 Å². The molecule has 0 radical (unpaired) electrons. The van der Waals surface area contributed by atoms with Crippen molar-refractivity contribution in [3.8, 4) is 0 Å². The second-order valence-electron chi connectivity index (χ2n) is 6.45. The van der Waals surface area contributed by atoms with Gasteiger partial charge in [-0.1, -0.05) is 42.0 Å². The van der Waals surface area contributed by atoms with Gasteiger partial charge in [0.25, 0.3) is 5.69 Å². The second-order valence-corrected chi connectivity index (χ2v) is 6.45. The highest BCUT2D eigenvalue weighted by Gasteiger charge is 2.28. The summed E-state index contributed by atoms with van der Waals surface area (Å²) in [6.45, 7) is 4.04. The predicted octanol–water partition coefficient (Wildman–Crippen LogP) is 2.25. The van der Waals surface area contributed by atoms with Crippen LogP contribution in [0.4, 0.5) is 11.4 Å². The molecule has 3 rings (SSSR count). The van der Waals surface area contributed by atoms with Crippen LogP contribution in [0.3, 0.4) is 0 Å². The fourth-order valence-corrected chi connectivity index (χ4v) is 3.17. The molecule has 1 saturated heterocycles. The first kappa shape index (κ1) is 17.9. The van der Waals surface area contributed by atoms with Gasteiger partial charge in [-0.3, -0.25) is 14.9 Å². The molecule has 0 spiro atoms. The Kier molecular flexibility index (Phi) is 5.18. The van der Waals surface area contributed by atoms with Gasteiger partial charge >= 0.3 is 0 Å². The average Bonchev–Trinajstić information content (AvgIpc) is 2.67. The normalized spacial score (nSPS) is 15.6. The number of anilines is 1. The summed E-state index contributed by atoms with van der Waals surface area (Å²) in [7, 11) is 0. The molecular formula is C19H22N4O3. The van der Waals surface area contributed by atoms with Crippen molar-refractivity contribution in [3.05, 3.63) is 69.8 Å².